The maximum absolute atomic E-state index is 12.6. The van der Waals surface area contributed by atoms with E-state index in [1.54, 1.807) is 10.6 Å². The molecular weight excluding hydrogens is 450 g/mol. The second-order valence-electron chi connectivity index (χ2n) is 8.41. The van der Waals surface area contributed by atoms with E-state index in [1.807, 2.05) is 58.0 Å². The van der Waals surface area contributed by atoms with Gasteiger partial charge >= 0.3 is 0 Å². The van der Waals surface area contributed by atoms with E-state index in [0.29, 0.717) is 11.3 Å². The fraction of sp³-hybridized carbons (Fsp3) is 0.320. The van der Waals surface area contributed by atoms with E-state index < -0.39 is 0 Å². The number of nitrogens with one attached hydrogen (secondary N) is 1. The minimum Gasteiger partial charge on any atom is -0.354 e. The molecule has 0 spiro atoms. The number of benzene rings is 1. The van der Waals surface area contributed by atoms with Crippen molar-refractivity contribution >= 4 is 40.5 Å². The molecule has 0 unspecified atom stereocenters. The number of amides is 3. The Morgan fingerprint density at radius 1 is 1.12 bits per heavy atom. The number of imide groups is 1. The number of carbonyl (C=O) groups is 3. The first-order valence-corrected chi connectivity index (χ1v) is 12.0. The van der Waals surface area contributed by atoms with Crippen molar-refractivity contribution in [2.24, 2.45) is 0 Å². The average Bonchev–Trinajstić information content (AvgIpc) is 3.28. The molecule has 1 aromatic carbocycles. The van der Waals surface area contributed by atoms with Gasteiger partial charge in [-0.25, -0.2) is 9.50 Å². The van der Waals surface area contributed by atoms with Gasteiger partial charge in [-0.3, -0.25) is 19.3 Å². The summed E-state index contributed by atoms with van der Waals surface area (Å²) < 4.78 is 1.81. The molecule has 176 valence electrons. The number of aromatic nitrogens is 3. The van der Waals surface area contributed by atoms with Gasteiger partial charge < -0.3 is 5.32 Å². The minimum atomic E-state index is -0.329. The smallest absolute Gasteiger partial charge is 0.293 e. The van der Waals surface area contributed by atoms with Gasteiger partial charge in [-0.2, -0.15) is 5.10 Å². The Balaban J connectivity index is 1.30. The van der Waals surface area contributed by atoms with Crippen LogP contribution in [0.15, 0.2) is 35.2 Å². The van der Waals surface area contributed by atoms with E-state index in [2.05, 4.69) is 15.4 Å². The Morgan fingerprint density at radius 3 is 2.59 bits per heavy atom. The molecule has 0 radical (unpaired) electrons. The fourth-order valence-electron chi connectivity index (χ4n) is 3.94. The van der Waals surface area contributed by atoms with Crippen LogP contribution in [0.2, 0.25) is 0 Å². The molecule has 0 atom stereocenters. The first-order chi connectivity index (χ1) is 16.2. The van der Waals surface area contributed by atoms with Crippen LogP contribution in [0, 0.1) is 27.7 Å². The van der Waals surface area contributed by atoms with Gasteiger partial charge in [-0.05, 0) is 63.1 Å². The lowest BCUT2D eigenvalue weighted by molar-refractivity contribution is -0.124. The van der Waals surface area contributed by atoms with E-state index in [0.717, 1.165) is 51.2 Å². The summed E-state index contributed by atoms with van der Waals surface area (Å²) in [6.45, 7) is 8.18. The molecule has 8 nitrogen and oxygen atoms in total. The van der Waals surface area contributed by atoms with Crippen LogP contribution in [0.25, 0.3) is 11.7 Å². The van der Waals surface area contributed by atoms with Crippen molar-refractivity contribution in [1.82, 2.24) is 24.8 Å². The van der Waals surface area contributed by atoms with Gasteiger partial charge in [0.1, 0.15) is 0 Å². The molecule has 1 saturated heterocycles. The third kappa shape index (κ3) is 5.04. The number of hydrogen-bond donors (Lipinski definition) is 1. The number of fused-ring (bicyclic) bond motifs is 1. The third-order valence-electron chi connectivity index (χ3n) is 5.79. The van der Waals surface area contributed by atoms with E-state index in [1.165, 1.54) is 4.90 Å². The molecule has 3 heterocycles. The highest BCUT2D eigenvalue weighted by atomic mass is 32.2. The standard InChI is InChI=1S/C25H27N5O3S/c1-15-5-7-19(8-6-15)14-21-24(32)29(25(33)34-21)12-11-26-23(31)10-9-20-17(3)27-22-13-16(2)28-30(22)18(20)4/h5-8,13-14H,9-12H2,1-4H3,(H,26,31)/b21-14+. The van der Waals surface area contributed by atoms with Crippen molar-refractivity contribution < 1.29 is 14.4 Å². The zero-order valence-corrected chi connectivity index (χ0v) is 20.5. The van der Waals surface area contributed by atoms with Gasteiger partial charge in [0.25, 0.3) is 11.1 Å². The highest BCUT2D eigenvalue weighted by molar-refractivity contribution is 8.18. The van der Waals surface area contributed by atoms with Crippen molar-refractivity contribution in [3.8, 4) is 0 Å². The van der Waals surface area contributed by atoms with E-state index in [4.69, 9.17) is 0 Å². The van der Waals surface area contributed by atoms with Crippen LogP contribution in [-0.2, 0) is 16.0 Å². The Bertz CT molecular complexity index is 1310. The van der Waals surface area contributed by atoms with Crippen molar-refractivity contribution in [2.75, 3.05) is 13.1 Å². The molecule has 2 aromatic heterocycles. The average molecular weight is 478 g/mol. The predicted molar refractivity (Wildman–Crippen MR) is 132 cm³/mol. The van der Waals surface area contributed by atoms with Gasteiger partial charge in [-0.15, -0.1) is 0 Å². The number of hydrogen-bond acceptors (Lipinski definition) is 6. The van der Waals surface area contributed by atoms with Crippen LogP contribution in [0.5, 0.6) is 0 Å². The van der Waals surface area contributed by atoms with Crippen LogP contribution in [0.3, 0.4) is 0 Å². The molecule has 0 aliphatic carbocycles. The number of rotatable bonds is 7. The second-order valence-corrected chi connectivity index (χ2v) is 9.40. The Hall–Kier alpha value is -3.46. The maximum atomic E-state index is 12.6. The molecular formula is C25H27N5O3S. The Kier molecular flexibility index (Phi) is 6.83. The summed E-state index contributed by atoms with van der Waals surface area (Å²) in [6.07, 6.45) is 2.54. The lowest BCUT2D eigenvalue weighted by Gasteiger charge is -2.14. The molecule has 0 bridgehead atoms. The summed E-state index contributed by atoms with van der Waals surface area (Å²) >= 11 is 0.924. The van der Waals surface area contributed by atoms with Crippen LogP contribution in [0.4, 0.5) is 4.79 Å². The number of carbonyl (C=O) groups excluding carboxylic acids is 3. The molecule has 3 aromatic rings. The van der Waals surface area contributed by atoms with Crippen LogP contribution in [0.1, 0.15) is 40.2 Å². The summed E-state index contributed by atoms with van der Waals surface area (Å²) in [5, 5.41) is 6.96. The van der Waals surface area contributed by atoms with Gasteiger partial charge in [0.15, 0.2) is 5.65 Å². The van der Waals surface area contributed by atoms with Gasteiger partial charge in [0.2, 0.25) is 5.91 Å². The Morgan fingerprint density at radius 2 is 1.85 bits per heavy atom. The fourth-order valence-corrected chi connectivity index (χ4v) is 4.81. The topological polar surface area (TPSA) is 96.7 Å². The van der Waals surface area contributed by atoms with Gasteiger partial charge in [-0.1, -0.05) is 29.8 Å². The molecule has 4 rings (SSSR count). The highest BCUT2D eigenvalue weighted by Gasteiger charge is 2.34. The normalized spacial score (nSPS) is 15.1. The summed E-state index contributed by atoms with van der Waals surface area (Å²) in [5.41, 5.74) is 6.54. The Labute approximate surface area is 202 Å². The first kappa shape index (κ1) is 23.7. The lowest BCUT2D eigenvalue weighted by Crippen LogP contribution is -2.37. The van der Waals surface area contributed by atoms with Crippen LogP contribution in [-0.4, -0.2) is 49.6 Å². The largest absolute Gasteiger partial charge is 0.354 e. The van der Waals surface area contributed by atoms with Crippen LogP contribution < -0.4 is 5.32 Å². The van der Waals surface area contributed by atoms with Gasteiger partial charge in [0.05, 0.1) is 10.6 Å². The molecule has 9 heteroatoms. The van der Waals surface area contributed by atoms with Crippen LogP contribution >= 0.6 is 11.8 Å². The summed E-state index contributed by atoms with van der Waals surface area (Å²) in [5.74, 6) is -0.470. The summed E-state index contributed by atoms with van der Waals surface area (Å²) in [7, 11) is 0. The SMILES string of the molecule is Cc1ccc(/C=C2/SC(=O)N(CCNC(=O)CCc3c(C)nc4cc(C)nn4c3C)C2=O)cc1. The second kappa shape index (κ2) is 9.80. The maximum Gasteiger partial charge on any atom is 0.293 e. The number of aryl methyl sites for hydroxylation is 4. The first-order valence-electron chi connectivity index (χ1n) is 11.1. The number of thioether (sulfide) groups is 1. The quantitative estimate of drug-likeness (QED) is 0.521. The molecule has 1 aliphatic rings. The van der Waals surface area contributed by atoms with Crippen molar-refractivity contribution in [3.63, 3.8) is 0 Å². The molecule has 3 amide bonds. The third-order valence-corrected chi connectivity index (χ3v) is 6.70. The molecule has 1 aliphatic heterocycles. The highest BCUT2D eigenvalue weighted by Crippen LogP contribution is 2.31. The predicted octanol–water partition coefficient (Wildman–Crippen LogP) is 3.75. The minimum absolute atomic E-state index is 0.139. The monoisotopic (exact) mass is 477 g/mol. The molecule has 34 heavy (non-hydrogen) atoms. The summed E-state index contributed by atoms with van der Waals surface area (Å²) in [6, 6.07) is 9.66. The summed E-state index contributed by atoms with van der Waals surface area (Å²) in [4.78, 5) is 43.5. The zero-order valence-electron chi connectivity index (χ0n) is 19.7. The van der Waals surface area contributed by atoms with E-state index >= 15 is 0 Å². The van der Waals surface area contributed by atoms with E-state index in [-0.39, 0.29) is 36.6 Å². The zero-order chi connectivity index (χ0) is 24.4. The molecule has 1 N–H and O–H groups in total. The molecule has 0 saturated carbocycles. The van der Waals surface area contributed by atoms with E-state index in [9.17, 15) is 14.4 Å². The lowest BCUT2D eigenvalue weighted by atomic mass is 10.1. The number of nitrogens with zero attached hydrogens (tertiary/aromatic N) is 4. The van der Waals surface area contributed by atoms with Crippen molar-refractivity contribution in [2.45, 2.75) is 40.5 Å². The van der Waals surface area contributed by atoms with Gasteiger partial charge in [0, 0.05) is 37.0 Å². The molecule has 1 fully saturated rings. The van der Waals surface area contributed by atoms with Crippen molar-refractivity contribution in [3.05, 3.63) is 69.0 Å². The van der Waals surface area contributed by atoms with Crippen molar-refractivity contribution in [1.29, 1.82) is 0 Å².